The van der Waals surface area contributed by atoms with Crippen molar-refractivity contribution in [1.29, 1.82) is 0 Å². The highest BCUT2D eigenvalue weighted by Gasteiger charge is 2.42. The molecule has 0 radical (unpaired) electrons. The Hall–Kier alpha value is -3.97. The van der Waals surface area contributed by atoms with E-state index in [0.717, 1.165) is 5.56 Å². The maximum absolute atomic E-state index is 12.9. The SMILES string of the molecule is CC[C@]1(c2ccc(NC(=O)c3ccc(Cl)c(-c4ccc(C(=O)O)cc4)c3)cc2)CCC(=O)NC1=O. The number of aromatic carboxylic acids is 1. The lowest BCUT2D eigenvalue weighted by Crippen LogP contribution is -2.51. The molecule has 0 aromatic heterocycles. The van der Waals surface area contributed by atoms with Gasteiger partial charge >= 0.3 is 5.97 Å². The minimum Gasteiger partial charge on any atom is -0.478 e. The van der Waals surface area contributed by atoms with Crippen LogP contribution in [-0.2, 0) is 15.0 Å². The summed E-state index contributed by atoms with van der Waals surface area (Å²) in [4.78, 5) is 48.2. The number of anilines is 1. The number of carbonyl (C=O) groups excluding carboxylic acids is 3. The average Bonchev–Trinajstić information content (AvgIpc) is 2.85. The van der Waals surface area contributed by atoms with Gasteiger partial charge in [-0.1, -0.05) is 42.8 Å². The third kappa shape index (κ3) is 4.81. The van der Waals surface area contributed by atoms with Gasteiger partial charge in [-0.3, -0.25) is 19.7 Å². The molecule has 3 amide bonds. The van der Waals surface area contributed by atoms with Crippen molar-refractivity contribution in [1.82, 2.24) is 5.32 Å². The molecule has 0 spiro atoms. The van der Waals surface area contributed by atoms with Crippen LogP contribution in [0.3, 0.4) is 0 Å². The van der Waals surface area contributed by atoms with Gasteiger partial charge in [-0.05, 0) is 66.4 Å². The Morgan fingerprint density at radius 1 is 1.00 bits per heavy atom. The number of benzene rings is 3. The van der Waals surface area contributed by atoms with E-state index in [2.05, 4.69) is 10.6 Å². The van der Waals surface area contributed by atoms with Crippen LogP contribution >= 0.6 is 11.6 Å². The third-order valence-electron chi connectivity index (χ3n) is 6.44. The zero-order chi connectivity index (χ0) is 25.2. The summed E-state index contributed by atoms with van der Waals surface area (Å²) in [6.45, 7) is 1.92. The third-order valence-corrected chi connectivity index (χ3v) is 6.77. The first kappa shape index (κ1) is 24.2. The number of rotatable bonds is 6. The molecule has 1 saturated heterocycles. The maximum atomic E-state index is 12.9. The Balaban J connectivity index is 1.53. The molecular formula is C27H23ClN2O5. The summed E-state index contributed by atoms with van der Waals surface area (Å²) in [6, 6.07) is 18.2. The Morgan fingerprint density at radius 3 is 2.26 bits per heavy atom. The fourth-order valence-electron chi connectivity index (χ4n) is 4.32. The fourth-order valence-corrected chi connectivity index (χ4v) is 4.55. The van der Waals surface area contributed by atoms with Gasteiger partial charge in [0, 0.05) is 28.3 Å². The van der Waals surface area contributed by atoms with Gasteiger partial charge < -0.3 is 10.4 Å². The molecule has 0 aliphatic carbocycles. The van der Waals surface area contributed by atoms with E-state index >= 15 is 0 Å². The number of nitrogens with one attached hydrogen (secondary N) is 2. The number of carbonyl (C=O) groups is 4. The minimum atomic E-state index is -1.02. The van der Waals surface area contributed by atoms with Crippen molar-refractivity contribution in [2.75, 3.05) is 5.32 Å². The highest BCUT2D eigenvalue weighted by Crippen LogP contribution is 2.36. The average molecular weight is 491 g/mol. The Morgan fingerprint density at radius 2 is 1.66 bits per heavy atom. The quantitative estimate of drug-likeness (QED) is 0.419. The lowest BCUT2D eigenvalue weighted by molar-refractivity contribution is -0.138. The van der Waals surface area contributed by atoms with Gasteiger partial charge in [-0.15, -0.1) is 0 Å². The van der Waals surface area contributed by atoms with Crippen molar-refractivity contribution in [3.05, 3.63) is 88.4 Å². The molecule has 8 heteroatoms. The zero-order valence-corrected chi connectivity index (χ0v) is 19.7. The van der Waals surface area contributed by atoms with E-state index in [9.17, 15) is 19.2 Å². The van der Waals surface area contributed by atoms with Crippen LogP contribution in [-0.4, -0.2) is 28.8 Å². The Labute approximate surface area is 207 Å². The van der Waals surface area contributed by atoms with E-state index in [1.807, 2.05) is 6.92 Å². The van der Waals surface area contributed by atoms with E-state index < -0.39 is 11.4 Å². The van der Waals surface area contributed by atoms with Gasteiger partial charge in [0.2, 0.25) is 11.8 Å². The molecule has 35 heavy (non-hydrogen) atoms. The summed E-state index contributed by atoms with van der Waals surface area (Å²) in [5.74, 6) is -1.92. The van der Waals surface area contributed by atoms with Crippen molar-refractivity contribution in [2.45, 2.75) is 31.6 Å². The van der Waals surface area contributed by atoms with Gasteiger partial charge in [0.05, 0.1) is 11.0 Å². The van der Waals surface area contributed by atoms with Gasteiger partial charge in [0.1, 0.15) is 0 Å². The number of amides is 3. The van der Waals surface area contributed by atoms with Crippen molar-refractivity contribution in [3.8, 4) is 11.1 Å². The summed E-state index contributed by atoms with van der Waals surface area (Å²) in [5, 5.41) is 14.8. The number of imide groups is 1. The number of piperidine rings is 1. The standard InChI is InChI=1S/C27H23ClN2O5/c1-2-27(14-13-23(31)30-26(27)35)19-8-10-20(11-9-19)29-24(32)18-7-12-22(28)21(15-18)16-3-5-17(6-4-16)25(33)34/h3-12,15H,2,13-14H2,1H3,(H,29,32)(H,33,34)(H,30,31,35)/t27-/m1/s1. The number of hydrogen-bond donors (Lipinski definition) is 3. The summed E-state index contributed by atoms with van der Waals surface area (Å²) in [5.41, 5.74) is 2.41. The molecular weight excluding hydrogens is 468 g/mol. The highest BCUT2D eigenvalue weighted by molar-refractivity contribution is 6.33. The molecule has 1 fully saturated rings. The van der Waals surface area contributed by atoms with Gasteiger partial charge in [-0.2, -0.15) is 0 Å². The number of halogens is 1. The van der Waals surface area contributed by atoms with Gasteiger partial charge in [-0.25, -0.2) is 4.79 Å². The van der Waals surface area contributed by atoms with Crippen LogP contribution in [0, 0.1) is 0 Å². The predicted octanol–water partition coefficient (Wildman–Crippen LogP) is 5.04. The van der Waals surface area contributed by atoms with Crippen LogP contribution in [0.1, 0.15) is 52.5 Å². The number of carboxylic acids is 1. The van der Waals surface area contributed by atoms with E-state index in [1.165, 1.54) is 12.1 Å². The topological polar surface area (TPSA) is 113 Å². The lowest BCUT2D eigenvalue weighted by atomic mass is 9.72. The lowest BCUT2D eigenvalue weighted by Gasteiger charge is -2.35. The van der Waals surface area contributed by atoms with Crippen LogP contribution in [0.2, 0.25) is 5.02 Å². The number of carboxylic acid groups (broad SMARTS) is 1. The molecule has 0 bridgehead atoms. The molecule has 3 aromatic carbocycles. The van der Waals surface area contributed by atoms with Crippen molar-refractivity contribution >= 4 is 41.0 Å². The summed E-state index contributed by atoms with van der Waals surface area (Å²) < 4.78 is 0. The molecule has 1 heterocycles. The van der Waals surface area contributed by atoms with Crippen molar-refractivity contribution in [3.63, 3.8) is 0 Å². The first-order chi connectivity index (χ1) is 16.7. The van der Waals surface area contributed by atoms with Crippen LogP contribution in [0.25, 0.3) is 11.1 Å². The normalized spacial score (nSPS) is 17.5. The van der Waals surface area contributed by atoms with Crippen LogP contribution in [0.5, 0.6) is 0 Å². The maximum Gasteiger partial charge on any atom is 0.335 e. The molecule has 1 aliphatic heterocycles. The van der Waals surface area contributed by atoms with E-state index in [4.69, 9.17) is 16.7 Å². The number of hydrogen-bond acceptors (Lipinski definition) is 4. The second kappa shape index (κ2) is 9.72. The first-order valence-electron chi connectivity index (χ1n) is 11.1. The molecule has 1 atom stereocenters. The second-order valence-corrected chi connectivity index (χ2v) is 8.83. The second-order valence-electron chi connectivity index (χ2n) is 8.42. The molecule has 178 valence electrons. The van der Waals surface area contributed by atoms with Gasteiger partial charge in [0.25, 0.3) is 5.91 Å². The fraction of sp³-hybridized carbons (Fsp3) is 0.185. The van der Waals surface area contributed by atoms with Crippen molar-refractivity contribution < 1.29 is 24.3 Å². The minimum absolute atomic E-state index is 0.157. The first-order valence-corrected chi connectivity index (χ1v) is 11.5. The predicted molar refractivity (Wildman–Crippen MR) is 133 cm³/mol. The molecule has 0 unspecified atom stereocenters. The van der Waals surface area contributed by atoms with E-state index in [0.29, 0.717) is 40.2 Å². The smallest absolute Gasteiger partial charge is 0.335 e. The highest BCUT2D eigenvalue weighted by atomic mass is 35.5. The van der Waals surface area contributed by atoms with Crippen LogP contribution in [0.15, 0.2) is 66.7 Å². The summed E-state index contributed by atoms with van der Waals surface area (Å²) in [7, 11) is 0. The molecule has 0 saturated carbocycles. The summed E-state index contributed by atoms with van der Waals surface area (Å²) in [6.07, 6.45) is 1.29. The molecule has 3 aromatic rings. The summed E-state index contributed by atoms with van der Waals surface area (Å²) >= 11 is 6.34. The Kier molecular flexibility index (Phi) is 6.71. The molecule has 1 aliphatic rings. The molecule has 7 nitrogen and oxygen atoms in total. The van der Waals surface area contributed by atoms with E-state index in [-0.39, 0.29) is 29.7 Å². The molecule has 3 N–H and O–H groups in total. The molecule has 4 rings (SSSR count). The zero-order valence-electron chi connectivity index (χ0n) is 18.9. The van der Waals surface area contributed by atoms with Crippen molar-refractivity contribution in [2.24, 2.45) is 0 Å². The van der Waals surface area contributed by atoms with Gasteiger partial charge in [0.15, 0.2) is 0 Å². The Bertz CT molecular complexity index is 1320. The van der Waals surface area contributed by atoms with E-state index in [1.54, 1.807) is 54.6 Å². The van der Waals surface area contributed by atoms with Crippen LogP contribution < -0.4 is 10.6 Å². The van der Waals surface area contributed by atoms with Crippen LogP contribution in [0.4, 0.5) is 5.69 Å². The monoisotopic (exact) mass is 490 g/mol. The largest absolute Gasteiger partial charge is 0.478 e.